The van der Waals surface area contributed by atoms with E-state index in [4.69, 9.17) is 4.98 Å². The first-order valence-corrected chi connectivity index (χ1v) is 9.60. The Kier molecular flexibility index (Phi) is 3.47. The summed E-state index contributed by atoms with van der Waals surface area (Å²) in [6.07, 6.45) is 5.99. The number of hydrogen-bond acceptors (Lipinski definition) is 7. The zero-order chi connectivity index (χ0) is 17.7. The molecule has 0 spiro atoms. The molecule has 0 amide bonds. The van der Waals surface area contributed by atoms with Crippen LogP contribution in [0.2, 0.25) is 0 Å². The third-order valence-corrected chi connectivity index (χ3v) is 6.09. The van der Waals surface area contributed by atoms with E-state index in [9.17, 15) is 4.79 Å². The van der Waals surface area contributed by atoms with Gasteiger partial charge in [-0.15, -0.1) is 22.7 Å². The van der Waals surface area contributed by atoms with Crippen molar-refractivity contribution < 1.29 is 0 Å². The smallest absolute Gasteiger partial charge is 0.291 e. The van der Waals surface area contributed by atoms with Gasteiger partial charge in [0.2, 0.25) is 0 Å². The monoisotopic (exact) mass is 383 g/mol. The maximum atomic E-state index is 12.9. The van der Waals surface area contributed by atoms with Crippen LogP contribution in [0.5, 0.6) is 0 Å². The minimum atomic E-state index is -0.113. The molecule has 5 aromatic heterocycles. The number of nitrogens with zero attached hydrogens (tertiary/aromatic N) is 6. The van der Waals surface area contributed by atoms with Gasteiger partial charge in [-0.2, -0.15) is 10.2 Å². The highest BCUT2D eigenvalue weighted by Gasteiger charge is 2.18. The van der Waals surface area contributed by atoms with Gasteiger partial charge in [-0.05, 0) is 6.07 Å². The highest BCUT2D eigenvalue weighted by Crippen LogP contribution is 2.31. The second-order valence-electron chi connectivity index (χ2n) is 5.90. The molecular weight excluding hydrogens is 370 g/mol. The molecule has 0 saturated heterocycles. The molecule has 1 N–H and O–H groups in total. The Balaban J connectivity index is 1.62. The number of thiazole rings is 2. The highest BCUT2D eigenvalue weighted by molar-refractivity contribution is 7.19. The van der Waals surface area contributed by atoms with Crippen LogP contribution in [0.4, 0.5) is 0 Å². The number of aromatic amines is 1. The van der Waals surface area contributed by atoms with Crippen molar-refractivity contribution in [2.45, 2.75) is 13.0 Å². The van der Waals surface area contributed by atoms with Gasteiger partial charge in [-0.1, -0.05) is 0 Å². The fraction of sp³-hybridized carbons (Fsp3) is 0.188. The summed E-state index contributed by atoms with van der Waals surface area (Å²) in [4.78, 5) is 22.7. The normalized spacial score (nSPS) is 11.7. The van der Waals surface area contributed by atoms with Gasteiger partial charge in [0.15, 0.2) is 5.65 Å². The Labute approximate surface area is 154 Å². The third-order valence-electron chi connectivity index (χ3n) is 4.25. The van der Waals surface area contributed by atoms with Gasteiger partial charge in [0.25, 0.3) is 5.56 Å². The molecule has 0 atom stereocenters. The minimum absolute atomic E-state index is 0.113. The zero-order valence-electron chi connectivity index (χ0n) is 13.7. The van der Waals surface area contributed by atoms with Crippen LogP contribution in [-0.2, 0) is 20.0 Å². The van der Waals surface area contributed by atoms with E-state index in [0.717, 1.165) is 31.3 Å². The molecule has 0 aromatic carbocycles. The van der Waals surface area contributed by atoms with Gasteiger partial charge < -0.3 is 4.57 Å². The van der Waals surface area contributed by atoms with E-state index in [-0.39, 0.29) is 5.56 Å². The molecule has 0 aliphatic heterocycles. The Bertz CT molecular complexity index is 1260. The Morgan fingerprint density at radius 1 is 1.31 bits per heavy atom. The predicted octanol–water partition coefficient (Wildman–Crippen LogP) is 2.16. The summed E-state index contributed by atoms with van der Waals surface area (Å²) in [5.41, 5.74) is 4.02. The second kappa shape index (κ2) is 5.85. The van der Waals surface area contributed by atoms with Crippen LogP contribution in [0.15, 0.2) is 35.0 Å². The van der Waals surface area contributed by atoms with Crippen LogP contribution in [0.25, 0.3) is 21.3 Å². The number of fused-ring (bicyclic) bond motifs is 3. The second-order valence-corrected chi connectivity index (χ2v) is 7.95. The fourth-order valence-corrected chi connectivity index (χ4v) is 4.73. The third kappa shape index (κ3) is 2.37. The van der Waals surface area contributed by atoms with Crippen LogP contribution in [0.1, 0.15) is 15.6 Å². The van der Waals surface area contributed by atoms with Gasteiger partial charge in [0, 0.05) is 36.1 Å². The summed E-state index contributed by atoms with van der Waals surface area (Å²) in [5, 5.41) is 13.2. The maximum Gasteiger partial charge on any atom is 0.291 e. The van der Waals surface area contributed by atoms with Crippen molar-refractivity contribution in [2.75, 3.05) is 0 Å². The lowest BCUT2D eigenvalue weighted by Gasteiger charge is -2.03. The molecule has 0 saturated carbocycles. The largest absolute Gasteiger partial charge is 0.323 e. The van der Waals surface area contributed by atoms with E-state index in [2.05, 4.69) is 20.3 Å². The maximum absolute atomic E-state index is 12.9. The van der Waals surface area contributed by atoms with Crippen molar-refractivity contribution in [3.05, 3.63) is 56.1 Å². The van der Waals surface area contributed by atoms with Crippen molar-refractivity contribution >= 4 is 43.9 Å². The molecule has 8 nitrogen and oxygen atoms in total. The lowest BCUT2D eigenvalue weighted by atomic mass is 10.3. The first-order chi connectivity index (χ1) is 12.7. The molecule has 130 valence electrons. The Hall–Kier alpha value is -2.85. The van der Waals surface area contributed by atoms with E-state index in [0.29, 0.717) is 18.5 Å². The van der Waals surface area contributed by atoms with E-state index >= 15 is 0 Å². The van der Waals surface area contributed by atoms with Crippen LogP contribution >= 0.6 is 22.7 Å². The number of nitrogens with one attached hydrogen (secondary N) is 1. The van der Waals surface area contributed by atoms with Gasteiger partial charge >= 0.3 is 0 Å². The standard InChI is InChI=1S/C16H13N7OS2/c1-22-13-11(6-19-23(16(13)24)7-10-5-17-8-25-10)14-15(22)20-12(26-14)4-9-2-3-18-21-9/h2-3,5-6,8H,4,7H2,1H3,(H,18,21). The number of aromatic nitrogens is 7. The van der Waals surface area contributed by atoms with E-state index in [1.54, 1.807) is 35.4 Å². The van der Waals surface area contributed by atoms with Gasteiger partial charge in [-0.25, -0.2) is 9.67 Å². The van der Waals surface area contributed by atoms with Gasteiger partial charge in [-0.3, -0.25) is 14.9 Å². The lowest BCUT2D eigenvalue weighted by molar-refractivity contribution is 0.650. The van der Waals surface area contributed by atoms with E-state index in [1.165, 1.54) is 16.0 Å². The van der Waals surface area contributed by atoms with Crippen LogP contribution in [-0.4, -0.2) is 34.5 Å². The first-order valence-electron chi connectivity index (χ1n) is 7.90. The number of rotatable bonds is 4. The molecule has 0 aliphatic rings. The molecule has 10 heteroatoms. The lowest BCUT2D eigenvalue weighted by Crippen LogP contribution is -2.24. The molecule has 26 heavy (non-hydrogen) atoms. The highest BCUT2D eigenvalue weighted by atomic mass is 32.1. The molecule has 5 rings (SSSR count). The molecule has 5 aromatic rings. The average Bonchev–Trinajstić information content (AvgIpc) is 3.39. The van der Waals surface area contributed by atoms with Crippen LogP contribution < -0.4 is 5.56 Å². The predicted molar refractivity (Wildman–Crippen MR) is 101 cm³/mol. The van der Waals surface area contributed by atoms with Crippen molar-refractivity contribution in [3.63, 3.8) is 0 Å². The molecular formula is C16H13N7OS2. The van der Waals surface area contributed by atoms with E-state index in [1.807, 2.05) is 17.7 Å². The number of aryl methyl sites for hydroxylation is 1. The molecule has 0 radical (unpaired) electrons. The molecule has 5 heterocycles. The van der Waals surface area contributed by atoms with Crippen molar-refractivity contribution in [1.82, 2.24) is 34.5 Å². The van der Waals surface area contributed by atoms with Crippen molar-refractivity contribution in [2.24, 2.45) is 7.05 Å². The summed E-state index contributed by atoms with van der Waals surface area (Å²) < 4.78 is 4.33. The summed E-state index contributed by atoms with van der Waals surface area (Å²) >= 11 is 3.09. The molecule has 0 aliphatic carbocycles. The molecule has 0 unspecified atom stereocenters. The Morgan fingerprint density at radius 3 is 3.00 bits per heavy atom. The van der Waals surface area contributed by atoms with E-state index < -0.39 is 0 Å². The van der Waals surface area contributed by atoms with Gasteiger partial charge in [0.1, 0.15) is 10.5 Å². The molecule has 0 bridgehead atoms. The first kappa shape index (κ1) is 15.4. The number of H-pyrrole nitrogens is 1. The quantitative estimate of drug-likeness (QED) is 0.513. The average molecular weight is 383 g/mol. The number of hydrogen-bond donors (Lipinski definition) is 1. The summed E-state index contributed by atoms with van der Waals surface area (Å²) in [6.45, 7) is 0.427. The van der Waals surface area contributed by atoms with Crippen molar-refractivity contribution in [1.29, 1.82) is 0 Å². The minimum Gasteiger partial charge on any atom is -0.323 e. The topological polar surface area (TPSA) is 94.3 Å². The van der Waals surface area contributed by atoms with Crippen LogP contribution in [0.3, 0.4) is 0 Å². The SMILES string of the molecule is Cn1c2nc(Cc3cc[nH]n3)sc2c2cnn(Cc3cncs3)c(=O)c21. The van der Waals surface area contributed by atoms with Gasteiger partial charge in [0.05, 0.1) is 28.6 Å². The van der Waals surface area contributed by atoms with Crippen LogP contribution in [0, 0.1) is 0 Å². The zero-order valence-corrected chi connectivity index (χ0v) is 15.3. The Morgan fingerprint density at radius 2 is 2.23 bits per heavy atom. The summed E-state index contributed by atoms with van der Waals surface area (Å²) in [5.74, 6) is 0. The fourth-order valence-electron chi connectivity index (χ4n) is 3.03. The van der Waals surface area contributed by atoms with Crippen molar-refractivity contribution in [3.8, 4) is 0 Å². The summed E-state index contributed by atoms with van der Waals surface area (Å²) in [6, 6.07) is 1.93. The molecule has 0 fully saturated rings. The summed E-state index contributed by atoms with van der Waals surface area (Å²) in [7, 11) is 1.88.